The summed E-state index contributed by atoms with van der Waals surface area (Å²) in [7, 11) is 1.72. The fourth-order valence-corrected chi connectivity index (χ4v) is 1.09. The van der Waals surface area contributed by atoms with Crippen molar-refractivity contribution in [2.45, 2.75) is 39.0 Å². The highest BCUT2D eigenvalue weighted by Gasteiger charge is 1.97. The number of carbonyl (C=O) groups is 1. The van der Waals surface area contributed by atoms with E-state index in [1.54, 1.807) is 7.11 Å². The van der Waals surface area contributed by atoms with Gasteiger partial charge in [0, 0.05) is 26.7 Å². The van der Waals surface area contributed by atoms with Crippen LogP contribution in [0.2, 0.25) is 0 Å². The summed E-state index contributed by atoms with van der Waals surface area (Å²) < 4.78 is 10.2. The summed E-state index contributed by atoms with van der Waals surface area (Å²) in [4.78, 5) is 10.8. The molecule has 0 aromatic heterocycles. The van der Waals surface area contributed by atoms with E-state index in [1.807, 2.05) is 6.92 Å². The normalized spacial score (nSPS) is 10.4. The van der Waals surface area contributed by atoms with Gasteiger partial charge in [0.1, 0.15) is 6.61 Å². The Balaban J connectivity index is 2.95. The standard InChI is InChI=1S/C11H22O3/c1-3-11(12)10-14-9-7-5-4-6-8-13-2/h3-10H2,1-2H3. The van der Waals surface area contributed by atoms with Crippen molar-refractivity contribution in [1.29, 1.82) is 0 Å². The average Bonchev–Trinajstić information content (AvgIpc) is 2.21. The van der Waals surface area contributed by atoms with E-state index in [1.165, 1.54) is 6.42 Å². The SMILES string of the molecule is CCC(=O)COCCCCCCOC. The number of Topliss-reactive ketones (excluding diaryl/α,β-unsaturated/α-hetero) is 1. The van der Waals surface area contributed by atoms with Gasteiger partial charge in [0.15, 0.2) is 5.78 Å². The van der Waals surface area contributed by atoms with Crippen molar-refractivity contribution < 1.29 is 14.3 Å². The zero-order valence-corrected chi connectivity index (χ0v) is 9.38. The summed E-state index contributed by atoms with van der Waals surface area (Å²) in [5, 5.41) is 0. The van der Waals surface area contributed by atoms with Crippen LogP contribution in [0.1, 0.15) is 39.0 Å². The molecule has 0 saturated heterocycles. The molecule has 0 rings (SSSR count). The van der Waals surface area contributed by atoms with Gasteiger partial charge in [-0.1, -0.05) is 19.8 Å². The van der Waals surface area contributed by atoms with Gasteiger partial charge in [-0.2, -0.15) is 0 Å². The van der Waals surface area contributed by atoms with Crippen molar-refractivity contribution in [2.75, 3.05) is 26.9 Å². The monoisotopic (exact) mass is 202 g/mol. The number of rotatable bonds is 10. The van der Waals surface area contributed by atoms with Crippen LogP contribution in [0.3, 0.4) is 0 Å². The Labute approximate surface area is 86.8 Å². The van der Waals surface area contributed by atoms with Crippen LogP contribution in [0.4, 0.5) is 0 Å². The molecule has 14 heavy (non-hydrogen) atoms. The second kappa shape index (κ2) is 10.7. The number of unbranched alkanes of at least 4 members (excludes halogenated alkanes) is 3. The van der Waals surface area contributed by atoms with Crippen molar-refractivity contribution in [3.05, 3.63) is 0 Å². The molecule has 3 nitrogen and oxygen atoms in total. The third-order valence-electron chi connectivity index (χ3n) is 2.04. The first-order chi connectivity index (χ1) is 6.81. The Hall–Kier alpha value is -0.410. The van der Waals surface area contributed by atoms with Gasteiger partial charge in [-0.15, -0.1) is 0 Å². The molecule has 0 fully saturated rings. The van der Waals surface area contributed by atoms with Crippen LogP contribution in [0, 0.1) is 0 Å². The molecule has 0 heterocycles. The fraction of sp³-hybridized carbons (Fsp3) is 0.909. The van der Waals surface area contributed by atoms with E-state index in [4.69, 9.17) is 9.47 Å². The third-order valence-corrected chi connectivity index (χ3v) is 2.04. The van der Waals surface area contributed by atoms with E-state index in [9.17, 15) is 4.79 Å². The number of hydrogen-bond acceptors (Lipinski definition) is 3. The second-order valence-electron chi connectivity index (χ2n) is 3.35. The van der Waals surface area contributed by atoms with E-state index in [0.29, 0.717) is 13.0 Å². The van der Waals surface area contributed by atoms with Crippen LogP contribution in [0.5, 0.6) is 0 Å². The fourth-order valence-electron chi connectivity index (χ4n) is 1.09. The third kappa shape index (κ3) is 9.68. The molecule has 84 valence electrons. The number of hydrogen-bond donors (Lipinski definition) is 0. The van der Waals surface area contributed by atoms with Crippen molar-refractivity contribution >= 4 is 5.78 Å². The first-order valence-electron chi connectivity index (χ1n) is 5.39. The number of ketones is 1. The Morgan fingerprint density at radius 2 is 1.71 bits per heavy atom. The topological polar surface area (TPSA) is 35.5 Å². The lowest BCUT2D eigenvalue weighted by Gasteiger charge is -2.02. The maximum absolute atomic E-state index is 10.8. The summed E-state index contributed by atoms with van der Waals surface area (Å²) in [5.74, 6) is 0.185. The Morgan fingerprint density at radius 1 is 1.07 bits per heavy atom. The van der Waals surface area contributed by atoms with E-state index in [-0.39, 0.29) is 12.4 Å². The smallest absolute Gasteiger partial charge is 0.158 e. The molecule has 0 unspecified atom stereocenters. The first kappa shape index (κ1) is 13.6. The summed E-state index contributed by atoms with van der Waals surface area (Å²) in [6.45, 7) is 3.69. The van der Waals surface area contributed by atoms with Crippen LogP contribution < -0.4 is 0 Å². The molecule has 0 aliphatic rings. The molecule has 0 N–H and O–H groups in total. The molecule has 0 saturated carbocycles. The van der Waals surface area contributed by atoms with E-state index >= 15 is 0 Å². The molecule has 0 bridgehead atoms. The lowest BCUT2D eigenvalue weighted by Crippen LogP contribution is -2.07. The van der Waals surface area contributed by atoms with Gasteiger partial charge >= 0.3 is 0 Å². The van der Waals surface area contributed by atoms with Gasteiger partial charge in [-0.25, -0.2) is 0 Å². The van der Waals surface area contributed by atoms with Crippen molar-refractivity contribution in [3.8, 4) is 0 Å². The molecule has 0 aromatic carbocycles. The van der Waals surface area contributed by atoms with Crippen molar-refractivity contribution in [1.82, 2.24) is 0 Å². The van der Waals surface area contributed by atoms with Gasteiger partial charge in [-0.05, 0) is 12.8 Å². The average molecular weight is 202 g/mol. The van der Waals surface area contributed by atoms with E-state index < -0.39 is 0 Å². The van der Waals surface area contributed by atoms with Crippen LogP contribution >= 0.6 is 0 Å². The molecule has 3 heteroatoms. The molecule has 0 amide bonds. The summed E-state index contributed by atoms with van der Waals surface area (Å²) >= 11 is 0. The molecule has 0 aliphatic heterocycles. The van der Waals surface area contributed by atoms with Crippen LogP contribution in [0.15, 0.2) is 0 Å². The Kier molecular flexibility index (Phi) is 10.4. The number of carbonyl (C=O) groups excluding carboxylic acids is 1. The van der Waals surface area contributed by atoms with Gasteiger partial charge in [-0.3, -0.25) is 4.79 Å². The molecule has 0 atom stereocenters. The van der Waals surface area contributed by atoms with E-state index in [2.05, 4.69) is 0 Å². The second-order valence-corrected chi connectivity index (χ2v) is 3.35. The summed E-state index contributed by atoms with van der Waals surface area (Å²) in [6, 6.07) is 0. The van der Waals surface area contributed by atoms with Crippen LogP contribution in [0.25, 0.3) is 0 Å². The molecule has 0 radical (unpaired) electrons. The maximum Gasteiger partial charge on any atom is 0.158 e. The lowest BCUT2D eigenvalue weighted by atomic mass is 10.2. The van der Waals surface area contributed by atoms with Gasteiger partial charge in [0.2, 0.25) is 0 Å². The minimum absolute atomic E-state index is 0.185. The lowest BCUT2D eigenvalue weighted by molar-refractivity contribution is -0.123. The molecule has 0 aromatic rings. The summed E-state index contributed by atoms with van der Waals surface area (Å²) in [6.07, 6.45) is 5.07. The van der Waals surface area contributed by atoms with E-state index in [0.717, 1.165) is 25.9 Å². The largest absolute Gasteiger partial charge is 0.385 e. The quantitative estimate of drug-likeness (QED) is 0.509. The van der Waals surface area contributed by atoms with Crippen LogP contribution in [-0.4, -0.2) is 32.7 Å². The predicted octanol–water partition coefficient (Wildman–Crippen LogP) is 2.19. The zero-order chi connectivity index (χ0) is 10.6. The van der Waals surface area contributed by atoms with Gasteiger partial charge in [0.25, 0.3) is 0 Å². The zero-order valence-electron chi connectivity index (χ0n) is 9.38. The number of ether oxygens (including phenoxy) is 2. The van der Waals surface area contributed by atoms with Crippen molar-refractivity contribution in [2.24, 2.45) is 0 Å². The minimum Gasteiger partial charge on any atom is -0.385 e. The highest BCUT2D eigenvalue weighted by Crippen LogP contribution is 2.00. The Morgan fingerprint density at radius 3 is 2.29 bits per heavy atom. The maximum atomic E-state index is 10.8. The predicted molar refractivity (Wildman–Crippen MR) is 56.5 cm³/mol. The molecular weight excluding hydrogens is 180 g/mol. The minimum atomic E-state index is 0.185. The van der Waals surface area contributed by atoms with Crippen molar-refractivity contribution in [3.63, 3.8) is 0 Å². The highest BCUT2D eigenvalue weighted by molar-refractivity contribution is 5.79. The highest BCUT2D eigenvalue weighted by atomic mass is 16.5. The first-order valence-corrected chi connectivity index (χ1v) is 5.39. The molecule has 0 spiro atoms. The van der Waals surface area contributed by atoms with Gasteiger partial charge in [0.05, 0.1) is 0 Å². The molecule has 0 aliphatic carbocycles. The number of methoxy groups -OCH3 is 1. The molecular formula is C11H22O3. The Bertz CT molecular complexity index is 134. The van der Waals surface area contributed by atoms with Crippen LogP contribution in [-0.2, 0) is 14.3 Å². The van der Waals surface area contributed by atoms with Gasteiger partial charge < -0.3 is 9.47 Å². The summed E-state index contributed by atoms with van der Waals surface area (Å²) in [5.41, 5.74) is 0.